The number of nitrogens with zero attached hydrogens (tertiary/aromatic N) is 5. The number of sulfonamides is 1. The normalized spacial score (nSPS) is 12.3. The van der Waals surface area contributed by atoms with Gasteiger partial charge in [0.05, 0.1) is 12.8 Å². The molecule has 20 heavy (non-hydrogen) atoms. The van der Waals surface area contributed by atoms with Gasteiger partial charge in [0, 0.05) is 25.2 Å². The van der Waals surface area contributed by atoms with Gasteiger partial charge in [-0.05, 0) is 0 Å². The van der Waals surface area contributed by atoms with Crippen molar-refractivity contribution in [1.29, 1.82) is 0 Å². The van der Waals surface area contributed by atoms with Crippen LogP contribution in [0.15, 0.2) is 11.3 Å². The van der Waals surface area contributed by atoms with Gasteiger partial charge >= 0.3 is 0 Å². The first-order valence-electron chi connectivity index (χ1n) is 5.09. The van der Waals surface area contributed by atoms with Crippen LogP contribution in [0.4, 0.5) is 0 Å². The van der Waals surface area contributed by atoms with E-state index in [0.29, 0.717) is 4.88 Å². The minimum absolute atomic E-state index is 0.131. The number of aromatic nitrogens is 1. The second-order valence-corrected chi connectivity index (χ2v) is 7.49. The van der Waals surface area contributed by atoms with E-state index in [1.807, 2.05) is 0 Å². The number of halogens is 1. The molecule has 0 unspecified atom stereocenters. The Kier molecular flexibility index (Phi) is 5.25. The highest BCUT2D eigenvalue weighted by atomic mass is 35.5. The zero-order valence-corrected chi connectivity index (χ0v) is 13.2. The number of hydrogen-bond donors (Lipinski definition) is 0. The van der Waals surface area contributed by atoms with E-state index in [2.05, 4.69) is 10.1 Å². The summed E-state index contributed by atoms with van der Waals surface area (Å²) < 4.78 is 24.7. The molecular formula is C8H12ClN5O4S2. The summed E-state index contributed by atoms with van der Waals surface area (Å²) in [6, 6.07) is 0. The first-order valence-corrected chi connectivity index (χ1v) is 8.13. The van der Waals surface area contributed by atoms with Crippen LogP contribution in [0.1, 0.15) is 4.88 Å². The summed E-state index contributed by atoms with van der Waals surface area (Å²) >= 11 is 6.76. The summed E-state index contributed by atoms with van der Waals surface area (Å²) in [4.78, 5) is 16.1. The molecule has 0 aliphatic rings. The summed E-state index contributed by atoms with van der Waals surface area (Å²) in [5.41, 5.74) is 0. The highest BCUT2D eigenvalue weighted by molar-refractivity contribution is 7.88. The average Bonchev–Trinajstić information content (AvgIpc) is 2.67. The molecule has 112 valence electrons. The predicted octanol–water partition coefficient (Wildman–Crippen LogP) is 0.667. The Hall–Kier alpha value is -1.46. The third-order valence-electron chi connectivity index (χ3n) is 2.02. The van der Waals surface area contributed by atoms with Crippen LogP contribution in [-0.2, 0) is 16.6 Å². The smallest absolute Gasteiger partial charge is 0.287 e. The Balaban J connectivity index is 3.21. The lowest BCUT2D eigenvalue weighted by molar-refractivity contribution is -0.486. The molecule has 12 heteroatoms. The largest absolute Gasteiger partial charge is 0.343 e. The van der Waals surface area contributed by atoms with Crippen LogP contribution in [0, 0.1) is 10.1 Å². The van der Waals surface area contributed by atoms with Crippen molar-refractivity contribution in [3.8, 4) is 0 Å². The van der Waals surface area contributed by atoms with Crippen LogP contribution in [0.2, 0.25) is 4.47 Å². The van der Waals surface area contributed by atoms with Crippen molar-refractivity contribution in [1.82, 2.24) is 14.2 Å². The molecule has 0 spiro atoms. The molecule has 0 aliphatic carbocycles. The van der Waals surface area contributed by atoms with Gasteiger partial charge in [0.15, 0.2) is 9.50 Å². The van der Waals surface area contributed by atoms with Gasteiger partial charge in [-0.15, -0.1) is 11.3 Å². The lowest BCUT2D eigenvalue weighted by Crippen LogP contribution is -2.43. The van der Waals surface area contributed by atoms with E-state index in [1.165, 1.54) is 25.2 Å². The van der Waals surface area contributed by atoms with Gasteiger partial charge in [0.25, 0.3) is 5.96 Å². The zero-order chi connectivity index (χ0) is 15.5. The van der Waals surface area contributed by atoms with Crippen molar-refractivity contribution in [2.24, 2.45) is 5.10 Å². The lowest BCUT2D eigenvalue weighted by Gasteiger charge is -2.25. The Morgan fingerprint density at radius 3 is 2.55 bits per heavy atom. The monoisotopic (exact) mass is 341 g/mol. The quantitative estimate of drug-likeness (QED) is 0.344. The van der Waals surface area contributed by atoms with E-state index in [4.69, 9.17) is 11.6 Å². The van der Waals surface area contributed by atoms with E-state index in [-0.39, 0.29) is 17.0 Å². The minimum Gasteiger partial charge on any atom is -0.343 e. The van der Waals surface area contributed by atoms with Crippen LogP contribution < -0.4 is 0 Å². The molecule has 1 aromatic rings. The van der Waals surface area contributed by atoms with E-state index in [9.17, 15) is 18.5 Å². The summed E-state index contributed by atoms with van der Waals surface area (Å²) in [7, 11) is -0.834. The second-order valence-electron chi connectivity index (χ2n) is 3.88. The van der Waals surface area contributed by atoms with Crippen molar-refractivity contribution >= 4 is 38.9 Å². The zero-order valence-electron chi connectivity index (χ0n) is 10.8. The van der Waals surface area contributed by atoms with Crippen molar-refractivity contribution in [3.63, 3.8) is 0 Å². The molecule has 0 bridgehead atoms. The molecule has 0 amide bonds. The number of guanidine groups is 1. The molecule has 9 nitrogen and oxygen atoms in total. The third-order valence-corrected chi connectivity index (χ3v) is 4.21. The number of nitro groups is 1. The minimum atomic E-state index is -3.75. The molecule has 0 N–H and O–H groups in total. The number of hydrazone groups is 1. The maximum Gasteiger partial charge on any atom is 0.287 e. The van der Waals surface area contributed by atoms with Gasteiger partial charge in [0.2, 0.25) is 10.0 Å². The maximum absolute atomic E-state index is 11.8. The Morgan fingerprint density at radius 1 is 1.60 bits per heavy atom. The molecule has 0 saturated heterocycles. The number of thiazole rings is 1. The molecular weight excluding hydrogens is 330 g/mol. The highest BCUT2D eigenvalue weighted by Gasteiger charge is 2.27. The molecule has 0 saturated carbocycles. The fourth-order valence-electron chi connectivity index (χ4n) is 1.27. The Bertz CT molecular complexity index is 627. The van der Waals surface area contributed by atoms with E-state index >= 15 is 0 Å². The van der Waals surface area contributed by atoms with E-state index in [1.54, 1.807) is 0 Å². The summed E-state index contributed by atoms with van der Waals surface area (Å²) in [5, 5.41) is 12.7. The van der Waals surface area contributed by atoms with Crippen LogP contribution in [0.3, 0.4) is 0 Å². The van der Waals surface area contributed by atoms with E-state index < -0.39 is 15.1 Å². The second kappa shape index (κ2) is 6.33. The van der Waals surface area contributed by atoms with Gasteiger partial charge in [-0.25, -0.2) is 27.8 Å². The first kappa shape index (κ1) is 16.6. The molecule has 0 atom stereocenters. The van der Waals surface area contributed by atoms with Gasteiger partial charge < -0.3 is 4.90 Å². The molecule has 0 fully saturated rings. The molecule has 1 aromatic heterocycles. The highest BCUT2D eigenvalue weighted by Crippen LogP contribution is 2.21. The SMILES string of the molecule is CN(C)/C(=N\[N+](=O)[O-])N(Cc1cnc(Cl)s1)S(C)(=O)=O. The summed E-state index contributed by atoms with van der Waals surface area (Å²) in [6.45, 7) is -0.131. The summed E-state index contributed by atoms with van der Waals surface area (Å²) in [5.74, 6) is -0.304. The van der Waals surface area contributed by atoms with Crippen molar-refractivity contribution < 1.29 is 13.5 Å². The van der Waals surface area contributed by atoms with Crippen LogP contribution >= 0.6 is 22.9 Å². The topological polar surface area (TPSA) is 109 Å². The van der Waals surface area contributed by atoms with Crippen molar-refractivity contribution in [2.75, 3.05) is 20.4 Å². The molecule has 1 rings (SSSR count). The lowest BCUT2D eigenvalue weighted by atomic mass is 10.5. The van der Waals surface area contributed by atoms with Gasteiger partial charge in [0.1, 0.15) is 5.10 Å². The Labute approximate surface area is 124 Å². The molecule has 0 aromatic carbocycles. The molecule has 1 heterocycles. The molecule has 0 radical (unpaired) electrons. The predicted molar refractivity (Wildman–Crippen MR) is 75.6 cm³/mol. The van der Waals surface area contributed by atoms with E-state index in [0.717, 1.165) is 21.9 Å². The number of rotatable bonds is 4. The van der Waals surface area contributed by atoms with Gasteiger partial charge in [-0.3, -0.25) is 0 Å². The Morgan fingerprint density at radius 2 is 2.20 bits per heavy atom. The average molecular weight is 342 g/mol. The number of hydrogen-bond acceptors (Lipinski definition) is 6. The third kappa shape index (κ3) is 4.58. The fraction of sp³-hybridized carbons (Fsp3) is 0.500. The van der Waals surface area contributed by atoms with Gasteiger partial charge in [-0.1, -0.05) is 11.6 Å². The fourth-order valence-corrected chi connectivity index (χ4v) is 3.19. The standard InChI is InChI=1S/C8H12ClN5O4S2/c1-12(2)8(11-14(15)16)13(20(3,17)18)5-6-4-10-7(9)19-6/h4H,5H2,1-3H3/b11-8+. The van der Waals surface area contributed by atoms with Crippen LogP contribution in [0.5, 0.6) is 0 Å². The maximum atomic E-state index is 11.8. The van der Waals surface area contributed by atoms with Crippen LogP contribution in [0.25, 0.3) is 0 Å². The van der Waals surface area contributed by atoms with Gasteiger partial charge in [-0.2, -0.15) is 0 Å². The van der Waals surface area contributed by atoms with Crippen molar-refractivity contribution in [3.05, 3.63) is 25.7 Å². The molecule has 0 aliphatic heterocycles. The van der Waals surface area contributed by atoms with Crippen LogP contribution in [-0.4, -0.2) is 53.9 Å². The first-order chi connectivity index (χ1) is 9.11. The van der Waals surface area contributed by atoms with Crippen molar-refractivity contribution in [2.45, 2.75) is 6.54 Å². The summed E-state index contributed by atoms with van der Waals surface area (Å²) in [6.07, 6.45) is 2.35.